The van der Waals surface area contributed by atoms with Gasteiger partial charge < -0.3 is 16.0 Å². The van der Waals surface area contributed by atoms with E-state index in [4.69, 9.17) is 12.2 Å². The van der Waals surface area contributed by atoms with Gasteiger partial charge in [0.2, 0.25) is 0 Å². The van der Waals surface area contributed by atoms with Crippen molar-refractivity contribution in [2.24, 2.45) is 0 Å². The van der Waals surface area contributed by atoms with Gasteiger partial charge in [-0.2, -0.15) is 0 Å². The summed E-state index contributed by atoms with van der Waals surface area (Å²) >= 11 is 5.48. The van der Waals surface area contributed by atoms with Crippen LogP contribution >= 0.6 is 12.2 Å². The molecule has 5 heteroatoms. The highest BCUT2D eigenvalue weighted by Gasteiger charge is 2.15. The van der Waals surface area contributed by atoms with Crippen molar-refractivity contribution >= 4 is 34.6 Å². The SMILES string of the molecule is Cc1ccc(C)c(NC(=S)Nc2ccccc2C(=O)N[C@@H](C)c2ccccc2)c1. The molecule has 1 atom stereocenters. The largest absolute Gasteiger partial charge is 0.345 e. The second-order valence-corrected chi connectivity index (χ2v) is 7.46. The van der Waals surface area contributed by atoms with Gasteiger partial charge in [0, 0.05) is 5.69 Å². The third-order valence-corrected chi connectivity index (χ3v) is 4.91. The lowest BCUT2D eigenvalue weighted by Crippen LogP contribution is -2.28. The summed E-state index contributed by atoms with van der Waals surface area (Å²) in [5.41, 5.74) is 5.45. The molecule has 0 fully saturated rings. The fourth-order valence-electron chi connectivity index (χ4n) is 3.04. The van der Waals surface area contributed by atoms with E-state index in [0.29, 0.717) is 16.4 Å². The number of thiocarbonyl (C=S) groups is 1. The van der Waals surface area contributed by atoms with Gasteiger partial charge in [-0.05, 0) is 67.9 Å². The number of amides is 1. The van der Waals surface area contributed by atoms with Crippen LogP contribution in [-0.2, 0) is 0 Å². The molecular formula is C24H25N3OS. The molecule has 0 aliphatic carbocycles. The predicted molar refractivity (Wildman–Crippen MR) is 125 cm³/mol. The number of nitrogens with one attached hydrogen (secondary N) is 3. The summed E-state index contributed by atoms with van der Waals surface area (Å²) in [7, 11) is 0. The molecule has 29 heavy (non-hydrogen) atoms. The fourth-order valence-corrected chi connectivity index (χ4v) is 3.26. The highest BCUT2D eigenvalue weighted by atomic mass is 32.1. The van der Waals surface area contributed by atoms with Gasteiger partial charge in [0.15, 0.2) is 5.11 Å². The molecule has 4 nitrogen and oxygen atoms in total. The van der Waals surface area contributed by atoms with E-state index in [0.717, 1.165) is 22.4 Å². The lowest BCUT2D eigenvalue weighted by atomic mass is 10.1. The Morgan fingerprint density at radius 2 is 1.52 bits per heavy atom. The van der Waals surface area contributed by atoms with Crippen molar-refractivity contribution in [3.63, 3.8) is 0 Å². The molecule has 0 saturated heterocycles. The van der Waals surface area contributed by atoms with Crippen molar-refractivity contribution in [2.75, 3.05) is 10.6 Å². The zero-order valence-electron chi connectivity index (χ0n) is 16.8. The first-order valence-electron chi connectivity index (χ1n) is 9.54. The minimum atomic E-state index is -0.154. The number of para-hydroxylation sites is 1. The number of aryl methyl sites for hydroxylation is 2. The fraction of sp³-hybridized carbons (Fsp3) is 0.167. The Hall–Kier alpha value is -3.18. The van der Waals surface area contributed by atoms with Crippen LogP contribution in [0.5, 0.6) is 0 Å². The van der Waals surface area contributed by atoms with E-state index in [1.54, 1.807) is 6.07 Å². The van der Waals surface area contributed by atoms with E-state index < -0.39 is 0 Å². The van der Waals surface area contributed by atoms with Crippen molar-refractivity contribution in [3.05, 3.63) is 95.1 Å². The summed E-state index contributed by atoms with van der Waals surface area (Å²) in [6, 6.07) is 23.3. The Bertz CT molecular complexity index is 1020. The van der Waals surface area contributed by atoms with Crippen molar-refractivity contribution in [1.82, 2.24) is 5.32 Å². The van der Waals surface area contributed by atoms with Gasteiger partial charge in [-0.3, -0.25) is 4.79 Å². The molecule has 3 N–H and O–H groups in total. The van der Waals surface area contributed by atoms with Crippen LogP contribution in [0.25, 0.3) is 0 Å². The number of carbonyl (C=O) groups is 1. The van der Waals surface area contributed by atoms with Gasteiger partial charge in [0.25, 0.3) is 5.91 Å². The van der Waals surface area contributed by atoms with Crippen molar-refractivity contribution in [2.45, 2.75) is 26.8 Å². The van der Waals surface area contributed by atoms with Crippen molar-refractivity contribution < 1.29 is 4.79 Å². The zero-order valence-corrected chi connectivity index (χ0v) is 17.6. The van der Waals surface area contributed by atoms with Gasteiger partial charge in [-0.25, -0.2) is 0 Å². The average Bonchev–Trinajstić information content (AvgIpc) is 2.71. The number of benzene rings is 3. The van der Waals surface area contributed by atoms with Crippen LogP contribution in [-0.4, -0.2) is 11.0 Å². The maximum Gasteiger partial charge on any atom is 0.253 e. The molecule has 0 aliphatic heterocycles. The molecule has 0 aromatic heterocycles. The van der Waals surface area contributed by atoms with Crippen LogP contribution in [0, 0.1) is 13.8 Å². The Balaban J connectivity index is 1.72. The standard InChI is InChI=1S/C24H25N3OS/c1-16-13-14-17(2)22(15-16)27-24(29)26-21-12-8-7-11-20(21)23(28)25-18(3)19-9-5-4-6-10-19/h4-15,18H,1-3H3,(H,25,28)(H2,26,27,29)/t18-/m0/s1. The zero-order chi connectivity index (χ0) is 20.8. The highest BCUT2D eigenvalue weighted by molar-refractivity contribution is 7.80. The van der Waals surface area contributed by atoms with Crippen molar-refractivity contribution in [3.8, 4) is 0 Å². The van der Waals surface area contributed by atoms with Gasteiger partial charge in [-0.15, -0.1) is 0 Å². The van der Waals surface area contributed by atoms with Gasteiger partial charge in [0.1, 0.15) is 0 Å². The van der Waals surface area contributed by atoms with Gasteiger partial charge in [-0.1, -0.05) is 54.6 Å². The number of rotatable bonds is 5. The second kappa shape index (κ2) is 9.34. The van der Waals surface area contributed by atoms with Crippen LogP contribution < -0.4 is 16.0 Å². The Morgan fingerprint density at radius 3 is 2.28 bits per heavy atom. The summed E-state index contributed by atoms with van der Waals surface area (Å²) < 4.78 is 0. The summed E-state index contributed by atoms with van der Waals surface area (Å²) in [4.78, 5) is 12.9. The topological polar surface area (TPSA) is 53.2 Å². The number of hydrogen-bond donors (Lipinski definition) is 3. The Morgan fingerprint density at radius 1 is 0.862 bits per heavy atom. The Labute approximate surface area is 177 Å². The molecule has 0 unspecified atom stereocenters. The van der Waals surface area contributed by atoms with E-state index in [1.165, 1.54) is 0 Å². The summed E-state index contributed by atoms with van der Waals surface area (Å²) in [6.45, 7) is 6.03. The molecule has 0 saturated carbocycles. The molecular weight excluding hydrogens is 378 g/mol. The Kier molecular flexibility index (Phi) is 6.62. The second-order valence-electron chi connectivity index (χ2n) is 7.05. The van der Waals surface area contributed by atoms with E-state index >= 15 is 0 Å². The van der Waals surface area contributed by atoms with Crippen LogP contribution in [0.2, 0.25) is 0 Å². The summed E-state index contributed by atoms with van der Waals surface area (Å²) in [5, 5.41) is 9.87. The van der Waals surface area contributed by atoms with Crippen LogP contribution in [0.3, 0.4) is 0 Å². The van der Waals surface area contributed by atoms with E-state index in [9.17, 15) is 4.79 Å². The monoisotopic (exact) mass is 403 g/mol. The van der Waals surface area contributed by atoms with E-state index in [1.807, 2.05) is 81.4 Å². The van der Waals surface area contributed by atoms with Gasteiger partial charge in [0.05, 0.1) is 17.3 Å². The summed E-state index contributed by atoms with van der Waals surface area (Å²) in [5.74, 6) is -0.154. The first kappa shape index (κ1) is 20.6. The number of hydrogen-bond acceptors (Lipinski definition) is 2. The molecule has 3 rings (SSSR count). The third-order valence-electron chi connectivity index (χ3n) is 4.71. The smallest absolute Gasteiger partial charge is 0.253 e. The van der Waals surface area contributed by atoms with E-state index in [2.05, 4.69) is 22.0 Å². The van der Waals surface area contributed by atoms with Crippen LogP contribution in [0.1, 0.15) is 40.0 Å². The third kappa shape index (κ3) is 5.42. The molecule has 0 aliphatic rings. The normalized spacial score (nSPS) is 11.4. The highest BCUT2D eigenvalue weighted by Crippen LogP contribution is 2.20. The van der Waals surface area contributed by atoms with Crippen LogP contribution in [0.15, 0.2) is 72.8 Å². The minimum absolute atomic E-state index is 0.100. The van der Waals surface area contributed by atoms with Crippen LogP contribution in [0.4, 0.5) is 11.4 Å². The average molecular weight is 404 g/mol. The molecule has 3 aromatic rings. The maximum atomic E-state index is 12.9. The first-order chi connectivity index (χ1) is 13.9. The lowest BCUT2D eigenvalue weighted by Gasteiger charge is -2.18. The number of anilines is 2. The molecule has 0 spiro atoms. The van der Waals surface area contributed by atoms with E-state index in [-0.39, 0.29) is 11.9 Å². The molecule has 3 aromatic carbocycles. The molecule has 148 valence electrons. The molecule has 1 amide bonds. The molecule has 0 radical (unpaired) electrons. The van der Waals surface area contributed by atoms with Gasteiger partial charge >= 0.3 is 0 Å². The maximum absolute atomic E-state index is 12.9. The summed E-state index contributed by atoms with van der Waals surface area (Å²) in [6.07, 6.45) is 0. The lowest BCUT2D eigenvalue weighted by molar-refractivity contribution is 0.0941. The predicted octanol–water partition coefficient (Wildman–Crippen LogP) is 5.60. The quantitative estimate of drug-likeness (QED) is 0.485. The number of carbonyl (C=O) groups excluding carboxylic acids is 1. The molecule has 0 heterocycles. The minimum Gasteiger partial charge on any atom is -0.345 e. The molecule has 0 bridgehead atoms. The van der Waals surface area contributed by atoms with Crippen molar-refractivity contribution in [1.29, 1.82) is 0 Å². The first-order valence-corrected chi connectivity index (χ1v) is 9.95.